The quantitative estimate of drug-likeness (QED) is 0.774. The van der Waals surface area contributed by atoms with Gasteiger partial charge in [0.2, 0.25) is 10.0 Å². The molecule has 18 heavy (non-hydrogen) atoms. The van der Waals surface area contributed by atoms with Crippen LogP contribution in [0, 0.1) is 0 Å². The minimum atomic E-state index is -3.39. The number of rotatable bonds is 6. The predicted molar refractivity (Wildman–Crippen MR) is 69.7 cm³/mol. The molecule has 1 aromatic carbocycles. The highest BCUT2D eigenvalue weighted by Crippen LogP contribution is 2.26. The molecule has 0 aliphatic carbocycles. The van der Waals surface area contributed by atoms with E-state index in [0.29, 0.717) is 12.1 Å². The fourth-order valence-corrected chi connectivity index (χ4v) is 3.00. The van der Waals surface area contributed by atoms with Crippen molar-refractivity contribution in [3.05, 3.63) is 18.2 Å². The zero-order valence-electron chi connectivity index (χ0n) is 10.0. The van der Waals surface area contributed by atoms with Gasteiger partial charge in [-0.1, -0.05) is 6.92 Å². The van der Waals surface area contributed by atoms with E-state index in [9.17, 15) is 12.6 Å². The molecule has 6 nitrogen and oxygen atoms in total. The van der Waals surface area contributed by atoms with Crippen LogP contribution < -0.4 is 9.46 Å². The van der Waals surface area contributed by atoms with E-state index in [1.165, 1.54) is 25.3 Å². The van der Waals surface area contributed by atoms with Crippen LogP contribution >= 0.6 is 0 Å². The normalized spacial score (nSPS) is 13.1. The van der Waals surface area contributed by atoms with Crippen LogP contribution in [-0.2, 0) is 21.1 Å². The molecule has 0 radical (unpaired) electrons. The molecule has 0 fully saturated rings. The first kappa shape index (κ1) is 14.9. The zero-order valence-corrected chi connectivity index (χ0v) is 11.7. The van der Waals surface area contributed by atoms with Gasteiger partial charge in [0.15, 0.2) is 11.1 Å². The summed E-state index contributed by atoms with van der Waals surface area (Å²) in [6.45, 7) is 1.76. The van der Waals surface area contributed by atoms with E-state index in [1.807, 2.05) is 0 Å². The van der Waals surface area contributed by atoms with Crippen LogP contribution in [0.1, 0.15) is 13.3 Å². The van der Waals surface area contributed by atoms with E-state index in [-0.39, 0.29) is 16.4 Å². The van der Waals surface area contributed by atoms with E-state index in [4.69, 9.17) is 9.29 Å². The predicted octanol–water partition coefficient (Wildman–Crippen LogP) is 1.43. The maximum atomic E-state index is 11.6. The largest absolute Gasteiger partial charge is 0.495 e. The van der Waals surface area contributed by atoms with Crippen molar-refractivity contribution in [2.45, 2.75) is 18.2 Å². The molecule has 1 atom stereocenters. The standard InChI is InChI=1S/C10H15NO5S2/c1-3-6-18(14,15)11-8-4-5-10(17(12)13)9(7-8)16-2/h4-5,7,11H,3,6H2,1-2H3,(H,12,13). The van der Waals surface area contributed by atoms with Gasteiger partial charge in [0.05, 0.1) is 18.6 Å². The van der Waals surface area contributed by atoms with E-state index in [0.717, 1.165) is 0 Å². The second-order valence-corrected chi connectivity index (χ2v) is 6.32. The summed E-state index contributed by atoms with van der Waals surface area (Å²) in [5.74, 6) is 0.177. The average molecular weight is 293 g/mol. The Balaban J connectivity index is 3.03. The minimum Gasteiger partial charge on any atom is -0.495 e. The maximum Gasteiger partial charge on any atom is 0.232 e. The van der Waals surface area contributed by atoms with E-state index in [2.05, 4.69) is 4.72 Å². The van der Waals surface area contributed by atoms with Crippen LogP contribution in [0.5, 0.6) is 5.75 Å². The Morgan fingerprint density at radius 2 is 2.11 bits per heavy atom. The van der Waals surface area contributed by atoms with Crippen LogP contribution in [0.15, 0.2) is 23.1 Å². The number of hydrogen-bond donors (Lipinski definition) is 2. The van der Waals surface area contributed by atoms with Gasteiger partial charge in [0, 0.05) is 6.07 Å². The van der Waals surface area contributed by atoms with Crippen LogP contribution in [0.25, 0.3) is 0 Å². The molecule has 0 aliphatic heterocycles. The van der Waals surface area contributed by atoms with Gasteiger partial charge in [-0.05, 0) is 18.6 Å². The van der Waals surface area contributed by atoms with Crippen LogP contribution in [-0.4, -0.2) is 30.0 Å². The lowest BCUT2D eigenvalue weighted by Gasteiger charge is -2.10. The Bertz CT molecular complexity index is 541. The molecular weight excluding hydrogens is 278 g/mol. The zero-order chi connectivity index (χ0) is 13.8. The van der Waals surface area contributed by atoms with Gasteiger partial charge in [0.1, 0.15) is 10.6 Å². The molecule has 0 saturated heterocycles. The van der Waals surface area contributed by atoms with Gasteiger partial charge in [-0.3, -0.25) is 4.72 Å². The molecule has 8 heteroatoms. The molecular formula is C10H15NO5S2. The highest BCUT2D eigenvalue weighted by Gasteiger charge is 2.13. The lowest BCUT2D eigenvalue weighted by Crippen LogP contribution is -2.16. The SMILES string of the molecule is CCCS(=O)(=O)Nc1ccc(S(=O)O)c(OC)c1. The van der Waals surface area contributed by atoms with E-state index >= 15 is 0 Å². The number of anilines is 1. The molecule has 1 rings (SSSR count). The Hall–Kier alpha value is -1.12. The molecule has 0 spiro atoms. The molecule has 0 bridgehead atoms. The third kappa shape index (κ3) is 3.97. The molecule has 0 saturated carbocycles. The first-order valence-corrected chi connectivity index (χ1v) is 7.95. The van der Waals surface area contributed by atoms with Gasteiger partial charge in [-0.15, -0.1) is 0 Å². The van der Waals surface area contributed by atoms with Crippen LogP contribution in [0.3, 0.4) is 0 Å². The summed E-state index contributed by atoms with van der Waals surface area (Å²) in [5, 5.41) is 0. The summed E-state index contributed by atoms with van der Waals surface area (Å²) >= 11 is -2.18. The molecule has 0 aromatic heterocycles. The van der Waals surface area contributed by atoms with E-state index in [1.54, 1.807) is 6.92 Å². The first-order chi connectivity index (χ1) is 8.39. The highest BCUT2D eigenvalue weighted by molar-refractivity contribution is 7.92. The van der Waals surface area contributed by atoms with Gasteiger partial charge in [0.25, 0.3) is 0 Å². The van der Waals surface area contributed by atoms with Crippen molar-refractivity contribution in [1.82, 2.24) is 0 Å². The Labute approximate surface area is 109 Å². The summed E-state index contributed by atoms with van der Waals surface area (Å²) in [6.07, 6.45) is 0.505. The van der Waals surface area contributed by atoms with Crippen molar-refractivity contribution < 1.29 is 21.9 Å². The molecule has 2 N–H and O–H groups in total. The average Bonchev–Trinajstić information content (AvgIpc) is 2.27. The minimum absolute atomic E-state index is 0.0169. The molecule has 0 heterocycles. The number of sulfonamides is 1. The number of benzene rings is 1. The summed E-state index contributed by atoms with van der Waals surface area (Å²) in [4.78, 5) is 0.0935. The Kier molecular flexibility index (Phi) is 5.12. The number of hydrogen-bond acceptors (Lipinski definition) is 4. The summed E-state index contributed by atoms with van der Waals surface area (Å²) in [5.41, 5.74) is 0.300. The monoisotopic (exact) mass is 293 g/mol. The lowest BCUT2D eigenvalue weighted by atomic mass is 10.3. The topological polar surface area (TPSA) is 92.7 Å². The molecule has 1 unspecified atom stereocenters. The summed E-state index contributed by atoms with van der Waals surface area (Å²) in [7, 11) is -2.04. The van der Waals surface area contributed by atoms with E-state index < -0.39 is 21.1 Å². The third-order valence-corrected chi connectivity index (χ3v) is 4.30. The maximum absolute atomic E-state index is 11.6. The van der Waals surface area contributed by atoms with Crippen LogP contribution in [0.4, 0.5) is 5.69 Å². The van der Waals surface area contributed by atoms with Crippen molar-refractivity contribution >= 4 is 26.8 Å². The fourth-order valence-electron chi connectivity index (χ4n) is 1.37. The molecule has 0 amide bonds. The smallest absolute Gasteiger partial charge is 0.232 e. The van der Waals surface area contributed by atoms with Crippen molar-refractivity contribution in [3.8, 4) is 5.75 Å². The van der Waals surface area contributed by atoms with Crippen molar-refractivity contribution in [3.63, 3.8) is 0 Å². The van der Waals surface area contributed by atoms with Crippen molar-refractivity contribution in [1.29, 1.82) is 0 Å². The number of methoxy groups -OCH3 is 1. The van der Waals surface area contributed by atoms with Gasteiger partial charge in [-0.2, -0.15) is 0 Å². The Morgan fingerprint density at radius 3 is 2.61 bits per heavy atom. The van der Waals surface area contributed by atoms with Gasteiger partial charge in [-0.25, -0.2) is 12.6 Å². The van der Waals surface area contributed by atoms with Crippen molar-refractivity contribution in [2.75, 3.05) is 17.6 Å². The summed E-state index contributed by atoms with van der Waals surface area (Å²) < 4.78 is 50.4. The lowest BCUT2D eigenvalue weighted by molar-refractivity contribution is 0.402. The Morgan fingerprint density at radius 1 is 1.44 bits per heavy atom. The second kappa shape index (κ2) is 6.17. The third-order valence-electron chi connectivity index (χ3n) is 2.10. The summed E-state index contributed by atoms with van der Waals surface area (Å²) in [6, 6.07) is 4.13. The molecule has 0 aliphatic rings. The van der Waals surface area contributed by atoms with Gasteiger partial charge < -0.3 is 9.29 Å². The number of nitrogens with one attached hydrogen (secondary N) is 1. The number of ether oxygens (including phenoxy) is 1. The fraction of sp³-hybridized carbons (Fsp3) is 0.400. The van der Waals surface area contributed by atoms with Gasteiger partial charge >= 0.3 is 0 Å². The molecule has 102 valence electrons. The second-order valence-electron chi connectivity index (χ2n) is 3.54. The first-order valence-electron chi connectivity index (χ1n) is 5.19. The van der Waals surface area contributed by atoms with Crippen LogP contribution in [0.2, 0.25) is 0 Å². The molecule has 1 aromatic rings. The van der Waals surface area contributed by atoms with Crippen molar-refractivity contribution in [2.24, 2.45) is 0 Å². The highest BCUT2D eigenvalue weighted by atomic mass is 32.2.